The first kappa shape index (κ1) is 15.7. The fraction of sp³-hybridized carbons (Fsp3) is 0.786. The lowest BCUT2D eigenvalue weighted by atomic mass is 9.80. The minimum atomic E-state index is -1.42. The number of carbonyl (C=O) groups is 3. The average molecular weight is 269 g/mol. The molecule has 5 nitrogen and oxygen atoms in total. The lowest BCUT2D eigenvalue weighted by Gasteiger charge is -2.35. The molecular formula is C14H23NO4. The van der Waals surface area contributed by atoms with Gasteiger partial charge in [0.25, 0.3) is 0 Å². The van der Waals surface area contributed by atoms with Crippen molar-refractivity contribution in [2.24, 2.45) is 5.41 Å². The fourth-order valence-electron chi connectivity index (χ4n) is 2.90. The molecule has 0 aromatic carbocycles. The van der Waals surface area contributed by atoms with Crippen LogP contribution >= 0.6 is 0 Å². The van der Waals surface area contributed by atoms with Crippen LogP contribution in [0.4, 0.5) is 0 Å². The zero-order valence-corrected chi connectivity index (χ0v) is 12.2. The van der Waals surface area contributed by atoms with Gasteiger partial charge in [-0.1, -0.05) is 27.2 Å². The molecule has 1 unspecified atom stereocenters. The third kappa shape index (κ3) is 2.26. The Labute approximate surface area is 114 Å². The average Bonchev–Trinajstić information content (AvgIpc) is 2.61. The molecule has 0 saturated carbocycles. The fourth-order valence-corrected chi connectivity index (χ4v) is 2.90. The van der Waals surface area contributed by atoms with E-state index < -0.39 is 16.9 Å². The number of hydrogen-bond donors (Lipinski definition) is 1. The predicted octanol–water partition coefficient (Wildman–Crippen LogP) is 2.20. The highest BCUT2D eigenvalue weighted by atomic mass is 16.4. The number of imide groups is 1. The summed E-state index contributed by atoms with van der Waals surface area (Å²) in [6.45, 7) is 7.06. The summed E-state index contributed by atoms with van der Waals surface area (Å²) in [5, 5.41) is 9.43. The zero-order chi connectivity index (χ0) is 14.8. The number of rotatable bonds is 6. The van der Waals surface area contributed by atoms with E-state index in [0.717, 1.165) is 4.90 Å². The summed E-state index contributed by atoms with van der Waals surface area (Å²) >= 11 is 0. The van der Waals surface area contributed by atoms with Crippen molar-refractivity contribution < 1.29 is 19.5 Å². The normalized spacial score (nSPS) is 21.6. The summed E-state index contributed by atoms with van der Waals surface area (Å²) in [6, 6.07) is 0. The van der Waals surface area contributed by atoms with Crippen molar-refractivity contribution in [2.75, 3.05) is 0 Å². The van der Waals surface area contributed by atoms with E-state index in [1.165, 1.54) is 6.92 Å². The molecule has 0 aromatic heterocycles. The van der Waals surface area contributed by atoms with Gasteiger partial charge >= 0.3 is 5.97 Å². The Morgan fingerprint density at radius 1 is 1.32 bits per heavy atom. The number of nitrogens with zero attached hydrogens (tertiary/aromatic N) is 1. The summed E-state index contributed by atoms with van der Waals surface area (Å²) in [6.07, 6.45) is 2.14. The van der Waals surface area contributed by atoms with Crippen LogP contribution in [-0.4, -0.2) is 33.3 Å². The monoisotopic (exact) mass is 269 g/mol. The molecule has 1 heterocycles. The minimum absolute atomic E-state index is 0.130. The van der Waals surface area contributed by atoms with Crippen molar-refractivity contribution in [3.05, 3.63) is 0 Å². The number of amides is 2. The van der Waals surface area contributed by atoms with Crippen LogP contribution < -0.4 is 0 Å². The Balaban J connectivity index is 3.23. The molecular weight excluding hydrogens is 246 g/mol. The second-order valence-electron chi connectivity index (χ2n) is 5.53. The quantitative estimate of drug-likeness (QED) is 0.750. The lowest BCUT2D eigenvalue weighted by Crippen LogP contribution is -2.56. The molecule has 1 aliphatic heterocycles. The van der Waals surface area contributed by atoms with Crippen LogP contribution in [0, 0.1) is 5.41 Å². The molecule has 0 spiro atoms. The Bertz CT molecular complexity index is 400. The summed E-state index contributed by atoms with van der Waals surface area (Å²) in [5.41, 5.74) is -2.13. The van der Waals surface area contributed by atoms with Gasteiger partial charge in [-0.25, -0.2) is 4.79 Å². The molecule has 19 heavy (non-hydrogen) atoms. The number of likely N-dealkylation sites (tertiary alicyclic amines) is 1. The van der Waals surface area contributed by atoms with Gasteiger partial charge in [0, 0.05) is 6.42 Å². The molecule has 1 rings (SSSR count). The van der Waals surface area contributed by atoms with Crippen molar-refractivity contribution in [1.82, 2.24) is 4.90 Å². The van der Waals surface area contributed by atoms with Gasteiger partial charge in [0.1, 0.15) is 5.54 Å². The third-order valence-electron chi connectivity index (χ3n) is 4.44. The Morgan fingerprint density at radius 3 is 2.16 bits per heavy atom. The maximum absolute atomic E-state index is 12.6. The number of aliphatic carboxylic acids is 1. The molecule has 108 valence electrons. The van der Waals surface area contributed by atoms with Gasteiger partial charge in [-0.2, -0.15) is 0 Å². The van der Waals surface area contributed by atoms with Crippen LogP contribution in [0.2, 0.25) is 0 Å². The summed E-state index contributed by atoms with van der Waals surface area (Å²) < 4.78 is 0. The highest BCUT2D eigenvalue weighted by Gasteiger charge is 2.57. The van der Waals surface area contributed by atoms with Gasteiger partial charge in [-0.15, -0.1) is 0 Å². The van der Waals surface area contributed by atoms with E-state index in [4.69, 9.17) is 0 Å². The van der Waals surface area contributed by atoms with Crippen molar-refractivity contribution in [3.8, 4) is 0 Å². The molecule has 5 heteroatoms. The molecule has 0 aliphatic carbocycles. The third-order valence-corrected chi connectivity index (χ3v) is 4.44. The van der Waals surface area contributed by atoms with Gasteiger partial charge in [-0.3, -0.25) is 14.5 Å². The molecule has 1 fully saturated rings. The van der Waals surface area contributed by atoms with Crippen molar-refractivity contribution in [3.63, 3.8) is 0 Å². The zero-order valence-electron chi connectivity index (χ0n) is 12.2. The predicted molar refractivity (Wildman–Crippen MR) is 70.4 cm³/mol. The number of carbonyl (C=O) groups excluding carboxylic acids is 2. The van der Waals surface area contributed by atoms with Crippen LogP contribution in [0.1, 0.15) is 59.8 Å². The summed E-state index contributed by atoms with van der Waals surface area (Å²) in [4.78, 5) is 37.3. The molecule has 0 radical (unpaired) electrons. The lowest BCUT2D eigenvalue weighted by molar-refractivity contribution is -0.163. The van der Waals surface area contributed by atoms with E-state index in [2.05, 4.69) is 0 Å². The SMILES string of the molecule is CCCC(C)(C(=O)O)N1C(=O)CC(CC)(CC)C1=O. The van der Waals surface area contributed by atoms with Gasteiger partial charge < -0.3 is 5.11 Å². The molecule has 0 bridgehead atoms. The second-order valence-corrected chi connectivity index (χ2v) is 5.53. The molecule has 2 amide bonds. The first-order valence-corrected chi connectivity index (χ1v) is 6.90. The van der Waals surface area contributed by atoms with Crippen LogP contribution in [0.15, 0.2) is 0 Å². The van der Waals surface area contributed by atoms with E-state index in [9.17, 15) is 19.5 Å². The standard InChI is InChI=1S/C14H23NO4/c1-5-8-13(4,12(18)19)15-10(16)9-14(6-2,7-3)11(15)17/h5-9H2,1-4H3,(H,18,19). The highest BCUT2D eigenvalue weighted by Crippen LogP contribution is 2.43. The maximum Gasteiger partial charge on any atom is 0.329 e. The van der Waals surface area contributed by atoms with Crippen molar-refractivity contribution >= 4 is 17.8 Å². The van der Waals surface area contributed by atoms with Crippen LogP contribution in [0.25, 0.3) is 0 Å². The van der Waals surface area contributed by atoms with Gasteiger partial charge in [0.15, 0.2) is 0 Å². The maximum atomic E-state index is 12.6. The first-order valence-electron chi connectivity index (χ1n) is 6.90. The number of carboxylic acids is 1. The Kier molecular flexibility index (Phi) is 4.38. The van der Waals surface area contributed by atoms with E-state index in [-0.39, 0.29) is 24.7 Å². The number of hydrogen-bond acceptors (Lipinski definition) is 3. The highest BCUT2D eigenvalue weighted by molar-refractivity contribution is 6.09. The Morgan fingerprint density at radius 2 is 1.84 bits per heavy atom. The molecule has 0 aromatic rings. The van der Waals surface area contributed by atoms with Crippen LogP contribution in [0.3, 0.4) is 0 Å². The topological polar surface area (TPSA) is 74.7 Å². The first-order chi connectivity index (χ1) is 8.79. The van der Waals surface area contributed by atoms with E-state index in [0.29, 0.717) is 19.3 Å². The van der Waals surface area contributed by atoms with Gasteiger partial charge in [0.2, 0.25) is 11.8 Å². The van der Waals surface area contributed by atoms with E-state index >= 15 is 0 Å². The Hall–Kier alpha value is -1.39. The summed E-state index contributed by atoms with van der Waals surface area (Å²) in [5.74, 6) is -1.79. The molecule has 1 atom stereocenters. The van der Waals surface area contributed by atoms with Crippen molar-refractivity contribution in [2.45, 2.75) is 65.3 Å². The van der Waals surface area contributed by atoms with Gasteiger partial charge in [-0.05, 0) is 26.2 Å². The molecule has 1 saturated heterocycles. The second kappa shape index (κ2) is 5.31. The summed E-state index contributed by atoms with van der Waals surface area (Å²) in [7, 11) is 0. The van der Waals surface area contributed by atoms with Crippen LogP contribution in [0.5, 0.6) is 0 Å². The smallest absolute Gasteiger partial charge is 0.329 e. The molecule has 1 aliphatic rings. The van der Waals surface area contributed by atoms with E-state index in [1.807, 2.05) is 20.8 Å². The molecule has 1 N–H and O–H groups in total. The van der Waals surface area contributed by atoms with Crippen molar-refractivity contribution in [1.29, 1.82) is 0 Å². The number of carboxylic acid groups (broad SMARTS) is 1. The largest absolute Gasteiger partial charge is 0.479 e. The van der Waals surface area contributed by atoms with E-state index in [1.54, 1.807) is 0 Å². The van der Waals surface area contributed by atoms with Gasteiger partial charge in [0.05, 0.1) is 5.41 Å². The van der Waals surface area contributed by atoms with Crippen LogP contribution in [-0.2, 0) is 14.4 Å². The minimum Gasteiger partial charge on any atom is -0.479 e.